The minimum Gasteiger partial charge on any atom is -0.507 e. The molecule has 4 nitrogen and oxygen atoms in total. The normalized spacial score (nSPS) is 13.9. The van der Waals surface area contributed by atoms with Crippen LogP contribution in [0.1, 0.15) is 16.7 Å². The van der Waals surface area contributed by atoms with Gasteiger partial charge in [-0.25, -0.2) is 0 Å². The molecule has 0 spiro atoms. The van der Waals surface area contributed by atoms with Gasteiger partial charge in [0.1, 0.15) is 12.3 Å². The Balaban J connectivity index is 1.88. The second kappa shape index (κ2) is 5.48. The Labute approximate surface area is 116 Å². The van der Waals surface area contributed by atoms with Gasteiger partial charge in [0.15, 0.2) is 0 Å². The first-order valence-corrected chi connectivity index (χ1v) is 6.33. The van der Waals surface area contributed by atoms with Crippen molar-refractivity contribution in [3.8, 4) is 5.75 Å². The lowest BCUT2D eigenvalue weighted by Crippen LogP contribution is -2.02. The van der Waals surface area contributed by atoms with E-state index in [4.69, 9.17) is 0 Å². The zero-order valence-electron chi connectivity index (χ0n) is 10.8. The number of phenols is 1. The summed E-state index contributed by atoms with van der Waals surface area (Å²) in [6.45, 7) is 0.416. The summed E-state index contributed by atoms with van der Waals surface area (Å²) in [7, 11) is 0. The molecule has 0 bridgehead atoms. The van der Waals surface area contributed by atoms with Crippen LogP contribution in [-0.2, 0) is 0 Å². The number of hydrogen-bond donors (Lipinski definition) is 1. The van der Waals surface area contributed by atoms with Gasteiger partial charge >= 0.3 is 0 Å². The van der Waals surface area contributed by atoms with E-state index in [1.54, 1.807) is 6.07 Å². The molecular weight excluding hydrogens is 250 g/mol. The molecule has 0 atom stereocenters. The van der Waals surface area contributed by atoms with E-state index >= 15 is 0 Å². The first kappa shape index (κ1) is 12.3. The number of hydrogen-bond acceptors (Lipinski definition) is 4. The molecule has 1 aliphatic heterocycles. The predicted octanol–water partition coefficient (Wildman–Crippen LogP) is 3.73. The Morgan fingerprint density at radius 2 is 1.75 bits per heavy atom. The molecule has 0 aromatic heterocycles. The first-order chi connectivity index (χ1) is 9.83. The molecular formula is C16H13N3O. The number of aromatic hydroxyl groups is 1. The van der Waals surface area contributed by atoms with Gasteiger partial charge in [-0.2, -0.15) is 5.11 Å². The van der Waals surface area contributed by atoms with E-state index in [1.807, 2.05) is 54.6 Å². The van der Waals surface area contributed by atoms with E-state index in [9.17, 15) is 5.11 Å². The lowest BCUT2D eigenvalue weighted by atomic mass is 10.0. The molecule has 0 saturated carbocycles. The van der Waals surface area contributed by atoms with E-state index in [1.165, 1.54) is 0 Å². The van der Waals surface area contributed by atoms with Crippen molar-refractivity contribution in [2.75, 3.05) is 6.54 Å². The Morgan fingerprint density at radius 1 is 0.950 bits per heavy atom. The van der Waals surface area contributed by atoms with E-state index in [0.717, 1.165) is 11.1 Å². The van der Waals surface area contributed by atoms with Crippen LogP contribution < -0.4 is 0 Å². The smallest absolute Gasteiger partial charge is 0.124 e. The number of benzene rings is 2. The van der Waals surface area contributed by atoms with E-state index < -0.39 is 0 Å². The zero-order valence-corrected chi connectivity index (χ0v) is 10.8. The summed E-state index contributed by atoms with van der Waals surface area (Å²) in [5.41, 5.74) is 3.50. The number of nitrogens with zero attached hydrogens (tertiary/aromatic N) is 3. The monoisotopic (exact) mass is 263 g/mol. The predicted molar refractivity (Wildman–Crippen MR) is 79.7 cm³/mol. The summed E-state index contributed by atoms with van der Waals surface area (Å²) in [5, 5.41) is 21.2. The van der Waals surface area contributed by atoms with Crippen molar-refractivity contribution in [2.24, 2.45) is 15.4 Å². The van der Waals surface area contributed by atoms with Crippen molar-refractivity contribution in [3.63, 3.8) is 0 Å². The Hall–Kier alpha value is -2.75. The molecule has 2 aromatic carbocycles. The van der Waals surface area contributed by atoms with E-state index in [-0.39, 0.29) is 5.75 Å². The lowest BCUT2D eigenvalue weighted by Gasteiger charge is -2.04. The fourth-order valence-corrected chi connectivity index (χ4v) is 2.00. The van der Waals surface area contributed by atoms with Gasteiger partial charge in [-0.05, 0) is 28.5 Å². The highest BCUT2D eigenvalue weighted by Crippen LogP contribution is 2.22. The molecule has 1 aliphatic rings. The standard InChI is InChI=1S/C16H13N3O/c20-16-9-8-13(7-6-12-4-2-1-3-5-12)10-14(16)15-11-17-19-18-15/h1-10,20H,11H2/b7-6+. The van der Waals surface area contributed by atoms with Gasteiger partial charge in [-0.15, -0.1) is 5.10 Å². The largest absolute Gasteiger partial charge is 0.507 e. The second-order valence-electron chi connectivity index (χ2n) is 4.46. The first-order valence-electron chi connectivity index (χ1n) is 6.33. The molecule has 0 unspecified atom stereocenters. The Kier molecular flexibility index (Phi) is 3.37. The highest BCUT2D eigenvalue weighted by molar-refractivity contribution is 6.05. The van der Waals surface area contributed by atoms with Gasteiger partial charge in [-0.1, -0.05) is 48.6 Å². The van der Waals surface area contributed by atoms with Crippen LogP contribution in [0.5, 0.6) is 5.75 Å². The van der Waals surface area contributed by atoms with Crippen LogP contribution in [-0.4, -0.2) is 17.4 Å². The molecule has 1 N–H and O–H groups in total. The summed E-state index contributed by atoms with van der Waals surface area (Å²) in [6.07, 6.45) is 4.03. The fourth-order valence-electron chi connectivity index (χ4n) is 2.00. The SMILES string of the molecule is Oc1ccc(/C=C/c2ccccc2)cc1C1=NN=NC1. The van der Waals surface area contributed by atoms with E-state index in [0.29, 0.717) is 17.8 Å². The van der Waals surface area contributed by atoms with Gasteiger partial charge in [0, 0.05) is 5.56 Å². The summed E-state index contributed by atoms with van der Waals surface area (Å²) in [5.74, 6) is 0.202. The lowest BCUT2D eigenvalue weighted by molar-refractivity contribution is 0.474. The molecule has 2 aromatic rings. The molecule has 20 heavy (non-hydrogen) atoms. The van der Waals surface area contributed by atoms with Crippen molar-refractivity contribution in [1.82, 2.24) is 0 Å². The average molecular weight is 263 g/mol. The molecule has 0 radical (unpaired) electrons. The minimum atomic E-state index is 0.202. The molecule has 98 valence electrons. The zero-order chi connectivity index (χ0) is 13.8. The summed E-state index contributed by atoms with van der Waals surface area (Å²) >= 11 is 0. The second-order valence-corrected chi connectivity index (χ2v) is 4.46. The van der Waals surface area contributed by atoms with Gasteiger partial charge in [0.2, 0.25) is 0 Å². The Bertz CT molecular complexity index is 703. The molecule has 0 aliphatic carbocycles. The van der Waals surface area contributed by atoms with Crippen molar-refractivity contribution in [2.45, 2.75) is 0 Å². The van der Waals surface area contributed by atoms with Gasteiger partial charge in [0.25, 0.3) is 0 Å². The van der Waals surface area contributed by atoms with Gasteiger partial charge in [-0.3, -0.25) is 0 Å². The van der Waals surface area contributed by atoms with Crippen LogP contribution >= 0.6 is 0 Å². The highest BCUT2D eigenvalue weighted by atomic mass is 16.3. The van der Waals surface area contributed by atoms with Crippen molar-refractivity contribution >= 4 is 17.9 Å². The molecule has 0 amide bonds. The van der Waals surface area contributed by atoms with Crippen LogP contribution in [0, 0.1) is 0 Å². The summed E-state index contributed by atoms with van der Waals surface area (Å²) in [6, 6.07) is 15.5. The molecule has 1 heterocycles. The third-order valence-corrected chi connectivity index (χ3v) is 3.05. The van der Waals surface area contributed by atoms with Crippen molar-refractivity contribution in [3.05, 3.63) is 65.2 Å². The van der Waals surface area contributed by atoms with Crippen LogP contribution in [0.25, 0.3) is 12.2 Å². The molecule has 0 fully saturated rings. The third-order valence-electron chi connectivity index (χ3n) is 3.05. The van der Waals surface area contributed by atoms with Crippen LogP contribution in [0.2, 0.25) is 0 Å². The fraction of sp³-hybridized carbons (Fsp3) is 0.0625. The van der Waals surface area contributed by atoms with Crippen LogP contribution in [0.4, 0.5) is 0 Å². The maximum atomic E-state index is 9.89. The van der Waals surface area contributed by atoms with E-state index in [2.05, 4.69) is 15.4 Å². The quantitative estimate of drug-likeness (QED) is 0.843. The highest BCUT2D eigenvalue weighted by Gasteiger charge is 2.12. The van der Waals surface area contributed by atoms with Gasteiger partial charge < -0.3 is 5.11 Å². The molecule has 4 heteroatoms. The Morgan fingerprint density at radius 3 is 2.50 bits per heavy atom. The summed E-state index contributed by atoms with van der Waals surface area (Å²) in [4.78, 5) is 0. The maximum absolute atomic E-state index is 9.89. The maximum Gasteiger partial charge on any atom is 0.124 e. The summed E-state index contributed by atoms with van der Waals surface area (Å²) < 4.78 is 0. The minimum absolute atomic E-state index is 0.202. The molecule has 0 saturated heterocycles. The average Bonchev–Trinajstić information content (AvgIpc) is 3.01. The molecule has 3 rings (SSSR count). The number of phenolic OH excluding ortho intramolecular Hbond substituents is 1. The van der Waals surface area contributed by atoms with Crippen LogP contribution in [0.3, 0.4) is 0 Å². The van der Waals surface area contributed by atoms with Crippen molar-refractivity contribution in [1.29, 1.82) is 0 Å². The third kappa shape index (κ3) is 2.64. The topological polar surface area (TPSA) is 57.3 Å². The van der Waals surface area contributed by atoms with Crippen molar-refractivity contribution < 1.29 is 5.11 Å². The van der Waals surface area contributed by atoms with Gasteiger partial charge in [0.05, 0.1) is 5.71 Å². The van der Waals surface area contributed by atoms with Crippen LogP contribution in [0.15, 0.2) is 64.0 Å². The number of rotatable bonds is 3.